The molecule has 0 saturated heterocycles. The zero-order chi connectivity index (χ0) is 23.2. The molecule has 9 heteroatoms. The minimum absolute atomic E-state index is 0.105. The van der Waals surface area contributed by atoms with Crippen LogP contribution >= 0.6 is 11.8 Å². The minimum atomic E-state index is -0.105. The highest BCUT2D eigenvalue weighted by atomic mass is 32.2. The number of nitrogens with zero attached hydrogens (tertiary/aromatic N) is 3. The Morgan fingerprint density at radius 3 is 2.42 bits per heavy atom. The number of carbonyl (C=O) groups excluding carboxylic acids is 1. The Morgan fingerprint density at radius 1 is 1.03 bits per heavy atom. The van der Waals surface area contributed by atoms with Gasteiger partial charge in [0.2, 0.25) is 5.91 Å². The number of aryl methyl sites for hydroxylation is 1. The lowest BCUT2D eigenvalue weighted by Gasteiger charge is -2.10. The van der Waals surface area contributed by atoms with Gasteiger partial charge in [-0.1, -0.05) is 0 Å². The summed E-state index contributed by atoms with van der Waals surface area (Å²) < 4.78 is 5.55. The van der Waals surface area contributed by atoms with Crippen molar-refractivity contribution < 1.29 is 9.53 Å². The van der Waals surface area contributed by atoms with Crippen LogP contribution in [0.25, 0.3) is 11.3 Å². The van der Waals surface area contributed by atoms with Gasteiger partial charge in [0.15, 0.2) is 11.0 Å². The Balaban J connectivity index is 1.63. The fourth-order valence-corrected chi connectivity index (χ4v) is 3.87. The van der Waals surface area contributed by atoms with Crippen LogP contribution in [-0.4, -0.2) is 32.7 Å². The van der Waals surface area contributed by atoms with Crippen molar-refractivity contribution in [3.63, 3.8) is 0 Å². The third-order valence-electron chi connectivity index (χ3n) is 4.51. The van der Waals surface area contributed by atoms with Crippen molar-refractivity contribution in [2.75, 3.05) is 17.2 Å². The highest BCUT2D eigenvalue weighted by molar-refractivity contribution is 7.99. The van der Waals surface area contributed by atoms with Crippen LogP contribution in [-0.2, 0) is 4.79 Å². The lowest BCUT2D eigenvalue weighted by Crippen LogP contribution is -2.05. The number of aromatic nitrogens is 4. The number of hydrogen-bond donors (Lipinski definition) is 3. The number of ether oxygens (including phenoxy) is 1. The van der Waals surface area contributed by atoms with Crippen LogP contribution in [0.2, 0.25) is 0 Å². The maximum Gasteiger partial charge on any atom is 0.221 e. The summed E-state index contributed by atoms with van der Waals surface area (Å²) in [6, 6.07) is 19.2. The van der Waals surface area contributed by atoms with Gasteiger partial charge in [0, 0.05) is 40.9 Å². The molecule has 0 bridgehead atoms. The van der Waals surface area contributed by atoms with Crippen LogP contribution in [0.4, 0.5) is 17.3 Å². The number of amides is 1. The lowest BCUT2D eigenvalue weighted by molar-refractivity contribution is -0.114. The molecule has 0 aliphatic heterocycles. The van der Waals surface area contributed by atoms with Gasteiger partial charge in [0.25, 0.3) is 0 Å². The number of H-pyrrole nitrogens is 1. The summed E-state index contributed by atoms with van der Waals surface area (Å²) in [5, 5.41) is 13.8. The molecule has 8 nitrogen and oxygen atoms in total. The molecule has 0 unspecified atom stereocenters. The number of hydrogen-bond acceptors (Lipinski definition) is 7. The topological polar surface area (TPSA) is 105 Å². The average Bonchev–Trinajstić information content (AvgIpc) is 3.20. The van der Waals surface area contributed by atoms with Crippen LogP contribution in [0.1, 0.15) is 19.5 Å². The lowest BCUT2D eigenvalue weighted by atomic mass is 10.1. The molecule has 2 heterocycles. The molecular formula is C24H24N6O2S. The maximum absolute atomic E-state index is 11.2. The summed E-state index contributed by atoms with van der Waals surface area (Å²) >= 11 is 1.44. The van der Waals surface area contributed by atoms with E-state index in [1.807, 2.05) is 74.5 Å². The molecule has 2 aromatic carbocycles. The number of anilines is 3. The van der Waals surface area contributed by atoms with Gasteiger partial charge >= 0.3 is 0 Å². The SMILES string of the molecule is CCOc1ccc(-c2cc(Nc3cc(C)[nH]n3)nc(Sc3ccc(NC(C)=O)cc3)n2)cc1. The molecule has 0 radical (unpaired) electrons. The molecule has 0 saturated carbocycles. The second-order valence-corrected chi connectivity index (χ2v) is 8.29. The standard InChI is InChI=1S/C24H24N6O2S/c1-4-32-19-9-5-17(6-10-19)21-14-22(27-23-13-15(2)29-30-23)28-24(26-21)33-20-11-7-18(8-12-20)25-16(3)31/h5-14H,4H2,1-3H3,(H,25,31)(H2,26,27,28,29,30). The molecule has 0 aliphatic rings. The number of aromatic amines is 1. The second kappa shape index (κ2) is 10.2. The first-order valence-corrected chi connectivity index (χ1v) is 11.3. The minimum Gasteiger partial charge on any atom is -0.494 e. The molecule has 4 rings (SSSR count). The van der Waals surface area contributed by atoms with Crippen LogP contribution < -0.4 is 15.4 Å². The van der Waals surface area contributed by atoms with E-state index in [1.165, 1.54) is 18.7 Å². The van der Waals surface area contributed by atoms with Crippen molar-refractivity contribution >= 4 is 35.0 Å². The quantitative estimate of drug-likeness (QED) is 0.301. The summed E-state index contributed by atoms with van der Waals surface area (Å²) in [7, 11) is 0. The van der Waals surface area contributed by atoms with E-state index in [1.54, 1.807) is 0 Å². The molecule has 168 valence electrons. The van der Waals surface area contributed by atoms with Gasteiger partial charge in [-0.2, -0.15) is 5.10 Å². The number of nitrogens with one attached hydrogen (secondary N) is 3. The maximum atomic E-state index is 11.2. The number of rotatable bonds is 8. The van der Waals surface area contributed by atoms with Crippen molar-refractivity contribution in [3.8, 4) is 17.0 Å². The number of benzene rings is 2. The molecule has 0 aliphatic carbocycles. The van der Waals surface area contributed by atoms with Gasteiger partial charge in [-0.05, 0) is 74.1 Å². The predicted molar refractivity (Wildman–Crippen MR) is 130 cm³/mol. The summed E-state index contributed by atoms with van der Waals surface area (Å²) in [5.41, 5.74) is 3.42. The smallest absolute Gasteiger partial charge is 0.221 e. The molecule has 1 amide bonds. The van der Waals surface area contributed by atoms with Gasteiger partial charge < -0.3 is 15.4 Å². The summed E-state index contributed by atoms with van der Waals surface area (Å²) in [6.07, 6.45) is 0. The van der Waals surface area contributed by atoms with E-state index >= 15 is 0 Å². The molecule has 2 aromatic heterocycles. The van der Waals surface area contributed by atoms with E-state index in [0.29, 0.717) is 23.4 Å². The van der Waals surface area contributed by atoms with Crippen LogP contribution in [0.15, 0.2) is 70.7 Å². The largest absolute Gasteiger partial charge is 0.494 e. The van der Waals surface area contributed by atoms with Crippen molar-refractivity contribution in [2.45, 2.75) is 30.8 Å². The zero-order valence-corrected chi connectivity index (χ0v) is 19.4. The first-order valence-electron chi connectivity index (χ1n) is 10.5. The van der Waals surface area contributed by atoms with Gasteiger partial charge in [-0.15, -0.1) is 0 Å². The third-order valence-corrected chi connectivity index (χ3v) is 5.39. The molecule has 3 N–H and O–H groups in total. The van der Waals surface area contributed by atoms with E-state index in [0.717, 1.165) is 33.3 Å². The van der Waals surface area contributed by atoms with Crippen LogP contribution in [0.5, 0.6) is 5.75 Å². The van der Waals surface area contributed by atoms with Crippen molar-refractivity contribution in [1.29, 1.82) is 0 Å². The van der Waals surface area contributed by atoms with E-state index in [-0.39, 0.29) is 5.91 Å². The van der Waals surface area contributed by atoms with E-state index in [4.69, 9.17) is 9.72 Å². The molecule has 0 spiro atoms. The van der Waals surface area contributed by atoms with Crippen LogP contribution in [0.3, 0.4) is 0 Å². The van der Waals surface area contributed by atoms with Crippen molar-refractivity contribution in [3.05, 3.63) is 66.4 Å². The van der Waals surface area contributed by atoms with Gasteiger partial charge in [-0.3, -0.25) is 9.89 Å². The normalized spacial score (nSPS) is 10.6. The fourth-order valence-electron chi connectivity index (χ4n) is 3.10. The molecular weight excluding hydrogens is 436 g/mol. The summed E-state index contributed by atoms with van der Waals surface area (Å²) in [5.74, 6) is 2.03. The van der Waals surface area contributed by atoms with E-state index in [2.05, 4.69) is 25.8 Å². The monoisotopic (exact) mass is 460 g/mol. The van der Waals surface area contributed by atoms with Crippen molar-refractivity contribution in [2.24, 2.45) is 0 Å². The summed E-state index contributed by atoms with van der Waals surface area (Å²) in [6.45, 7) is 6.00. The third kappa shape index (κ3) is 6.11. The summed E-state index contributed by atoms with van der Waals surface area (Å²) in [4.78, 5) is 21.6. The molecule has 33 heavy (non-hydrogen) atoms. The Kier molecular flexibility index (Phi) is 6.89. The van der Waals surface area contributed by atoms with Crippen molar-refractivity contribution in [1.82, 2.24) is 20.2 Å². The molecule has 4 aromatic rings. The highest BCUT2D eigenvalue weighted by Gasteiger charge is 2.11. The Labute approximate surface area is 196 Å². The second-order valence-electron chi connectivity index (χ2n) is 7.25. The van der Waals surface area contributed by atoms with Gasteiger partial charge in [0.05, 0.1) is 12.3 Å². The first kappa shape index (κ1) is 22.3. The highest BCUT2D eigenvalue weighted by Crippen LogP contribution is 2.31. The zero-order valence-electron chi connectivity index (χ0n) is 18.5. The van der Waals surface area contributed by atoms with Gasteiger partial charge in [0.1, 0.15) is 11.6 Å². The molecule has 0 fully saturated rings. The van der Waals surface area contributed by atoms with Crippen LogP contribution in [0, 0.1) is 6.92 Å². The Morgan fingerprint density at radius 2 is 1.79 bits per heavy atom. The van der Waals surface area contributed by atoms with E-state index < -0.39 is 0 Å². The first-order chi connectivity index (χ1) is 16.0. The van der Waals surface area contributed by atoms with Gasteiger partial charge in [-0.25, -0.2) is 9.97 Å². The Hall–Kier alpha value is -3.85. The Bertz CT molecular complexity index is 1240. The molecule has 0 atom stereocenters. The predicted octanol–water partition coefficient (Wildman–Crippen LogP) is 5.43. The van der Waals surface area contributed by atoms with E-state index in [9.17, 15) is 4.79 Å². The fraction of sp³-hybridized carbons (Fsp3) is 0.167. The number of carbonyl (C=O) groups is 1. The average molecular weight is 461 g/mol.